The molecule has 0 aliphatic rings. The van der Waals surface area contributed by atoms with Crippen molar-refractivity contribution in [3.63, 3.8) is 0 Å². The van der Waals surface area contributed by atoms with E-state index in [1.807, 2.05) is 60.7 Å². The molecule has 0 aromatic heterocycles. The summed E-state index contributed by atoms with van der Waals surface area (Å²) < 4.78 is 147. The number of unbranched alkanes of at least 4 members (excludes halogenated alkanes) is 3. The first-order valence-corrected chi connectivity index (χ1v) is 41.1. The molecule has 0 unspecified atom stereocenters. The van der Waals surface area contributed by atoms with Crippen LogP contribution in [0.15, 0.2) is 267 Å². The van der Waals surface area contributed by atoms with Gasteiger partial charge in [0.1, 0.15) is 5.82 Å². The Morgan fingerprint density at radius 3 is 1.03 bits per heavy atom. The molecule has 11 aromatic rings. The van der Waals surface area contributed by atoms with Crippen molar-refractivity contribution in [2.45, 2.75) is 89.3 Å². The Kier molecular flexibility index (Phi) is 31.2. The Bertz CT molecular complexity index is 5530. The molecule has 0 aliphatic carbocycles. The minimum atomic E-state index is -3.92. The SMILES string of the molecule is CCCCCCc1ccc(NS(=O)(=O)c2ccc(O)c(O)c2)cc1.O=S(=O)(NCCCc1ccccc1)c1ccc(O)c(O)c1.O=S(=O)(NCCc1ccc(O)c(O)c1)c1ccc(O)c(O)c1.O=S(=O)(NCc1ccccc1)c1ccc(O)c(O)c1.O=S(=O)(Nc1ccc(-c2cccc(F)c2)cc1)c1ccc(O)c(O)c1. The van der Waals surface area contributed by atoms with E-state index in [0.29, 0.717) is 41.9 Å². The summed E-state index contributed by atoms with van der Waals surface area (Å²) in [5.41, 5.74) is 5.99. The molecule has 0 heterocycles. The minimum absolute atomic E-state index is 0.0637. The fourth-order valence-corrected chi connectivity index (χ4v) is 15.2. The van der Waals surface area contributed by atoms with Crippen LogP contribution in [0.2, 0.25) is 0 Å². The molecule has 588 valence electrons. The van der Waals surface area contributed by atoms with Gasteiger partial charge in [-0.2, -0.15) is 0 Å². The molecule has 0 atom stereocenters. The van der Waals surface area contributed by atoms with Crippen molar-refractivity contribution >= 4 is 61.5 Å². The second-order valence-corrected chi connectivity index (χ2v) is 33.0. The van der Waals surface area contributed by atoms with Crippen molar-refractivity contribution in [1.29, 1.82) is 0 Å². The maximum Gasteiger partial charge on any atom is 0.262 e. The van der Waals surface area contributed by atoms with Crippen LogP contribution in [0, 0.1) is 5.82 Å². The number of phenols is 12. The first-order valence-electron chi connectivity index (χ1n) is 33.7. The lowest BCUT2D eigenvalue weighted by atomic mass is 10.1. The summed E-state index contributed by atoms with van der Waals surface area (Å²) in [6.45, 7) is 2.70. The molecule has 0 bridgehead atoms. The summed E-state index contributed by atoms with van der Waals surface area (Å²) in [5, 5.41) is 111. The Morgan fingerprint density at radius 1 is 0.270 bits per heavy atom. The van der Waals surface area contributed by atoms with E-state index in [0.717, 1.165) is 96.6 Å². The number of halogens is 1. The van der Waals surface area contributed by atoms with Gasteiger partial charge in [-0.05, 0) is 175 Å². The Labute approximate surface area is 642 Å². The van der Waals surface area contributed by atoms with E-state index in [1.54, 1.807) is 66.7 Å². The third-order valence-corrected chi connectivity index (χ3v) is 23.0. The average molecular weight is 1620 g/mol. The number of aryl methyl sites for hydroxylation is 2. The van der Waals surface area contributed by atoms with Crippen LogP contribution in [0.5, 0.6) is 69.0 Å². The van der Waals surface area contributed by atoms with Gasteiger partial charge in [0.05, 0.1) is 24.5 Å². The predicted molar refractivity (Wildman–Crippen MR) is 416 cm³/mol. The molecule has 17 N–H and O–H groups in total. The third-order valence-electron chi connectivity index (χ3n) is 15.9. The lowest BCUT2D eigenvalue weighted by Gasteiger charge is -2.10. The smallest absolute Gasteiger partial charge is 0.262 e. The molecule has 0 saturated heterocycles. The lowest BCUT2D eigenvalue weighted by molar-refractivity contribution is 0.402. The fraction of sp³-hybridized carbons (Fsp3) is 0.154. The van der Waals surface area contributed by atoms with Crippen LogP contribution in [-0.4, -0.2) is 116 Å². The number of anilines is 2. The third kappa shape index (κ3) is 27.1. The molecule has 0 spiro atoms. The van der Waals surface area contributed by atoms with Crippen molar-refractivity contribution in [2.24, 2.45) is 0 Å². The highest BCUT2D eigenvalue weighted by molar-refractivity contribution is 7.93. The van der Waals surface area contributed by atoms with Gasteiger partial charge in [0.2, 0.25) is 30.1 Å². The first-order chi connectivity index (χ1) is 52.5. The molecule has 0 fully saturated rings. The number of aromatic hydroxyl groups is 12. The maximum atomic E-state index is 13.3. The zero-order chi connectivity index (χ0) is 81.1. The van der Waals surface area contributed by atoms with Gasteiger partial charge in [0.15, 0.2) is 69.0 Å². The number of benzene rings is 11. The largest absolute Gasteiger partial charge is 0.504 e. The van der Waals surface area contributed by atoms with Gasteiger partial charge in [0.25, 0.3) is 20.0 Å². The number of hydrogen-bond acceptors (Lipinski definition) is 22. The number of rotatable bonds is 27. The highest BCUT2D eigenvalue weighted by atomic mass is 32.2. The molecule has 0 amide bonds. The first kappa shape index (κ1) is 86.4. The number of sulfonamides is 5. The van der Waals surface area contributed by atoms with Gasteiger partial charge in [-0.15, -0.1) is 0 Å². The van der Waals surface area contributed by atoms with Gasteiger partial charge in [-0.25, -0.2) is 60.6 Å². The lowest BCUT2D eigenvalue weighted by Crippen LogP contribution is -2.25. The van der Waals surface area contributed by atoms with E-state index in [1.165, 1.54) is 79.4 Å². The van der Waals surface area contributed by atoms with E-state index < -0.39 is 90.4 Å². The molecule has 0 radical (unpaired) electrons. The van der Waals surface area contributed by atoms with E-state index in [4.69, 9.17) is 5.11 Å². The van der Waals surface area contributed by atoms with Crippen LogP contribution in [0.3, 0.4) is 0 Å². The van der Waals surface area contributed by atoms with Crippen LogP contribution in [0.1, 0.15) is 61.3 Å². The molecule has 11 aromatic carbocycles. The van der Waals surface area contributed by atoms with E-state index in [2.05, 4.69) is 30.5 Å². The van der Waals surface area contributed by atoms with Gasteiger partial charge in [0, 0.05) is 61.3 Å². The average Bonchev–Trinajstić information content (AvgIpc) is 0.833. The summed E-state index contributed by atoms with van der Waals surface area (Å²) in [7, 11) is -18.9. The highest BCUT2D eigenvalue weighted by Crippen LogP contribution is 2.34. The van der Waals surface area contributed by atoms with Crippen molar-refractivity contribution in [2.75, 3.05) is 22.5 Å². The zero-order valence-electron chi connectivity index (χ0n) is 59.2. The van der Waals surface area contributed by atoms with Gasteiger partial charge in [-0.3, -0.25) is 9.44 Å². The summed E-state index contributed by atoms with van der Waals surface area (Å²) in [5.74, 6) is -5.19. The molecule has 0 aliphatic heterocycles. The summed E-state index contributed by atoms with van der Waals surface area (Å²) in [6, 6.07) is 59.5. The summed E-state index contributed by atoms with van der Waals surface area (Å²) in [6.07, 6.45) is 7.51. The monoisotopic (exact) mass is 1620 g/mol. The van der Waals surface area contributed by atoms with E-state index in [-0.39, 0.29) is 72.1 Å². The Balaban J connectivity index is 0.000000193. The molecule has 111 heavy (non-hydrogen) atoms. The van der Waals surface area contributed by atoms with Crippen LogP contribution >= 0.6 is 0 Å². The van der Waals surface area contributed by atoms with Crippen molar-refractivity contribution in [1.82, 2.24) is 14.2 Å². The second kappa shape index (κ2) is 40.0. The number of hydrogen-bond donors (Lipinski definition) is 17. The fourth-order valence-electron chi connectivity index (χ4n) is 9.90. The normalized spacial score (nSPS) is 11.4. The van der Waals surface area contributed by atoms with Crippen molar-refractivity contribution in [3.05, 3.63) is 271 Å². The Hall–Kier alpha value is -11.8. The van der Waals surface area contributed by atoms with Gasteiger partial charge >= 0.3 is 0 Å². The number of phenolic OH excluding ortho intramolecular Hbond substituents is 12. The van der Waals surface area contributed by atoms with Gasteiger partial charge < -0.3 is 61.3 Å². The molecule has 11 rings (SSSR count). The standard InChI is InChI=1S/C18H14FNO4S.C18H23NO4S.C15H17NO4S.C14H15NO6S.C13H13NO4S/c19-14-3-1-2-13(10-14)12-4-6-15(7-5-12)20-25(23,24)16-8-9-17(21)18(22)11-16;1-2-3-4-5-6-14-7-9-15(10-8-14)19-24(22,23)16-11-12-17(20)18(21)13-16;17-14-9-8-13(11-15(14)18)21(19,20)16-10-4-7-12-5-2-1-3-6-12;16-11-3-1-9(7-13(11)18)5-6-15-22(20,21)10-2-4-12(17)14(19)8-10;15-12-7-6-11(8-13(12)16)19(17,18)14-9-10-4-2-1-3-5-10/h1-11,20-22H;7-13,19-21H,2-6H2,1H3;1-3,5-6,8-9,11,16-18H,4,7,10H2;1-4,7-8,15-19H,5-6H2;1-8,14-16H,9H2. The molecular weight excluding hydrogens is 1540 g/mol. The van der Waals surface area contributed by atoms with Crippen LogP contribution in [0.25, 0.3) is 11.1 Å². The van der Waals surface area contributed by atoms with Crippen molar-refractivity contribution in [3.8, 4) is 80.1 Å². The number of nitrogens with one attached hydrogen (secondary N) is 5. The van der Waals surface area contributed by atoms with Crippen LogP contribution in [0.4, 0.5) is 15.8 Å². The summed E-state index contributed by atoms with van der Waals surface area (Å²) in [4.78, 5) is -0.633. The van der Waals surface area contributed by atoms with Gasteiger partial charge in [-0.1, -0.05) is 129 Å². The Morgan fingerprint density at radius 2 is 0.622 bits per heavy atom. The van der Waals surface area contributed by atoms with Crippen LogP contribution in [-0.2, 0) is 75.9 Å². The second-order valence-electron chi connectivity index (χ2n) is 24.3. The predicted octanol–water partition coefficient (Wildman–Crippen LogP) is 12.3. The quantitative estimate of drug-likeness (QED) is 0.0168. The highest BCUT2D eigenvalue weighted by Gasteiger charge is 2.21. The van der Waals surface area contributed by atoms with E-state index in [9.17, 15) is 103 Å². The molecule has 0 saturated carbocycles. The minimum Gasteiger partial charge on any atom is -0.504 e. The van der Waals surface area contributed by atoms with Crippen LogP contribution < -0.4 is 23.6 Å². The topological polar surface area (TPSA) is 474 Å². The zero-order valence-corrected chi connectivity index (χ0v) is 63.3. The molecular formula is C78H82FN5O22S5. The molecule has 33 heteroatoms. The maximum absolute atomic E-state index is 13.3. The molecule has 27 nitrogen and oxygen atoms in total. The van der Waals surface area contributed by atoms with Crippen molar-refractivity contribution < 1.29 is 108 Å². The van der Waals surface area contributed by atoms with E-state index >= 15 is 0 Å². The summed E-state index contributed by atoms with van der Waals surface area (Å²) >= 11 is 0.